The van der Waals surface area contributed by atoms with E-state index in [9.17, 15) is 0 Å². The van der Waals surface area contributed by atoms with Gasteiger partial charge in [0.1, 0.15) is 18.4 Å². The van der Waals surface area contributed by atoms with E-state index >= 15 is 0 Å². The molecule has 4 heteroatoms. The van der Waals surface area contributed by atoms with Crippen LogP contribution in [0.2, 0.25) is 0 Å². The first-order valence-corrected chi connectivity index (χ1v) is 7.13. The fourth-order valence-corrected chi connectivity index (χ4v) is 3.12. The molecule has 1 aliphatic heterocycles. The van der Waals surface area contributed by atoms with Crippen LogP contribution in [-0.2, 0) is 7.05 Å². The minimum absolute atomic E-state index is 0.213. The van der Waals surface area contributed by atoms with E-state index < -0.39 is 0 Å². The second-order valence-electron chi connectivity index (χ2n) is 5.46. The van der Waals surface area contributed by atoms with Gasteiger partial charge in [-0.2, -0.15) is 0 Å². The van der Waals surface area contributed by atoms with Gasteiger partial charge in [0, 0.05) is 11.5 Å². The molecule has 2 aromatic heterocycles. The third kappa shape index (κ3) is 1.79. The molecule has 0 saturated carbocycles. The van der Waals surface area contributed by atoms with E-state index in [-0.39, 0.29) is 6.85 Å². The quantitative estimate of drug-likeness (QED) is 0.501. The molecule has 0 aliphatic carbocycles. The summed E-state index contributed by atoms with van der Waals surface area (Å²) in [6, 6.07) is 14.5. The van der Waals surface area contributed by atoms with Gasteiger partial charge in [0.05, 0.1) is 5.69 Å². The molecule has 0 bridgehead atoms. The number of para-hydroxylation sites is 1. The van der Waals surface area contributed by atoms with Crippen molar-refractivity contribution in [3.63, 3.8) is 0 Å². The van der Waals surface area contributed by atoms with E-state index in [4.69, 9.17) is 4.42 Å². The molecule has 0 unspecified atom stereocenters. The molecule has 4 rings (SSSR count). The second-order valence-corrected chi connectivity index (χ2v) is 5.46. The first-order chi connectivity index (χ1) is 10.3. The molecular formula is C17H16BN2O+. The van der Waals surface area contributed by atoms with Crippen LogP contribution in [-0.4, -0.2) is 13.9 Å². The Morgan fingerprint density at radius 1 is 1.10 bits per heavy atom. The van der Waals surface area contributed by atoms with Crippen LogP contribution in [0.4, 0.5) is 5.69 Å². The molecule has 0 amide bonds. The van der Waals surface area contributed by atoms with Crippen LogP contribution in [0.25, 0.3) is 17.0 Å². The lowest BCUT2D eigenvalue weighted by molar-refractivity contribution is -0.654. The van der Waals surface area contributed by atoms with E-state index in [2.05, 4.69) is 72.1 Å². The number of hydrogen-bond acceptors (Lipinski definition) is 2. The van der Waals surface area contributed by atoms with E-state index in [1.165, 1.54) is 16.7 Å². The van der Waals surface area contributed by atoms with Crippen LogP contribution in [0.5, 0.6) is 0 Å². The van der Waals surface area contributed by atoms with E-state index in [0.29, 0.717) is 0 Å². The highest BCUT2D eigenvalue weighted by Gasteiger charge is 2.34. The number of fused-ring (bicyclic) bond motifs is 3. The summed E-state index contributed by atoms with van der Waals surface area (Å²) < 4.78 is 8.11. The third-order valence-corrected chi connectivity index (χ3v) is 4.19. The van der Waals surface area contributed by atoms with Gasteiger partial charge in [-0.25, -0.2) is 4.57 Å². The van der Waals surface area contributed by atoms with Crippen molar-refractivity contribution in [3.05, 3.63) is 60.4 Å². The number of anilines is 1. The summed E-state index contributed by atoms with van der Waals surface area (Å²) in [6.07, 6.45) is 4.17. The normalized spacial score (nSPS) is 13.8. The number of aromatic nitrogens is 1. The molecule has 102 valence electrons. The number of pyridine rings is 1. The van der Waals surface area contributed by atoms with Crippen LogP contribution in [0, 0.1) is 0 Å². The molecule has 3 nitrogen and oxygen atoms in total. The SMILES string of the molecule is CN1B(c2cccc[n+]2C)C=Cc2oc3ccccc3c21. The average Bonchev–Trinajstić information content (AvgIpc) is 2.88. The maximum atomic E-state index is 5.94. The molecule has 0 radical (unpaired) electrons. The lowest BCUT2D eigenvalue weighted by Crippen LogP contribution is -2.60. The van der Waals surface area contributed by atoms with E-state index in [1.807, 2.05) is 12.1 Å². The van der Waals surface area contributed by atoms with Crippen molar-refractivity contribution in [2.75, 3.05) is 11.9 Å². The van der Waals surface area contributed by atoms with Crippen molar-refractivity contribution in [2.24, 2.45) is 7.05 Å². The summed E-state index contributed by atoms with van der Waals surface area (Å²) in [7, 11) is 4.21. The minimum Gasteiger partial charge on any atom is -0.455 e. The van der Waals surface area contributed by atoms with Crippen molar-refractivity contribution in [1.29, 1.82) is 0 Å². The van der Waals surface area contributed by atoms with Crippen molar-refractivity contribution in [3.8, 4) is 0 Å². The number of benzene rings is 1. The molecule has 1 aromatic carbocycles. The largest absolute Gasteiger partial charge is 0.455 e. The van der Waals surface area contributed by atoms with Gasteiger partial charge in [-0.05, 0) is 31.3 Å². The Labute approximate surface area is 124 Å². The average molecular weight is 275 g/mol. The van der Waals surface area contributed by atoms with Crippen LogP contribution >= 0.6 is 0 Å². The monoisotopic (exact) mass is 275 g/mol. The molecule has 3 heterocycles. The molecular weight excluding hydrogens is 259 g/mol. The van der Waals surface area contributed by atoms with Crippen molar-refractivity contribution in [1.82, 2.24) is 0 Å². The van der Waals surface area contributed by atoms with Crippen LogP contribution < -0.4 is 15.0 Å². The lowest BCUT2D eigenvalue weighted by atomic mass is 9.55. The third-order valence-electron chi connectivity index (χ3n) is 4.19. The summed E-state index contributed by atoms with van der Waals surface area (Å²) in [5.41, 5.74) is 3.37. The Bertz CT molecular complexity index is 853. The number of aryl methyl sites for hydroxylation is 1. The molecule has 0 N–H and O–H groups in total. The zero-order chi connectivity index (χ0) is 14.4. The summed E-state index contributed by atoms with van der Waals surface area (Å²) in [6.45, 7) is 0.213. The first-order valence-electron chi connectivity index (χ1n) is 7.13. The van der Waals surface area contributed by atoms with Crippen molar-refractivity contribution in [2.45, 2.75) is 0 Å². The van der Waals surface area contributed by atoms with Gasteiger partial charge in [-0.3, -0.25) is 0 Å². The van der Waals surface area contributed by atoms with Gasteiger partial charge in [0.2, 0.25) is 0 Å². The first kappa shape index (κ1) is 12.3. The number of nitrogens with zero attached hydrogens (tertiary/aromatic N) is 2. The molecule has 0 atom stereocenters. The molecule has 0 spiro atoms. The Hall–Kier alpha value is -2.49. The number of hydrogen-bond donors (Lipinski definition) is 0. The Balaban J connectivity index is 1.88. The second kappa shape index (κ2) is 4.52. The Kier molecular flexibility index (Phi) is 2.64. The summed E-state index contributed by atoms with van der Waals surface area (Å²) in [5, 5.41) is 1.17. The molecule has 0 fully saturated rings. The van der Waals surface area contributed by atoms with Gasteiger partial charge in [0.15, 0.2) is 11.8 Å². The standard InChI is InChI=1S/C17H16BN2O/c1-19-12-6-5-9-16(19)18-11-10-15-17(20(18)2)13-7-3-4-8-14(13)21-15/h3-12H,1-2H3/q+1. The zero-order valence-corrected chi connectivity index (χ0v) is 12.2. The lowest BCUT2D eigenvalue weighted by Gasteiger charge is -2.25. The fraction of sp³-hybridized carbons (Fsp3) is 0.118. The summed E-state index contributed by atoms with van der Waals surface area (Å²) in [5.74, 6) is 3.13. The Morgan fingerprint density at radius 2 is 1.90 bits per heavy atom. The van der Waals surface area contributed by atoms with Gasteiger partial charge in [-0.1, -0.05) is 24.2 Å². The predicted molar refractivity (Wildman–Crippen MR) is 86.7 cm³/mol. The fourth-order valence-electron chi connectivity index (χ4n) is 3.12. The van der Waals surface area contributed by atoms with Gasteiger partial charge in [-0.15, -0.1) is 0 Å². The minimum atomic E-state index is 0.213. The number of rotatable bonds is 1. The molecule has 1 aliphatic rings. The van der Waals surface area contributed by atoms with Crippen molar-refractivity contribution < 1.29 is 8.98 Å². The highest BCUT2D eigenvalue weighted by atomic mass is 16.3. The van der Waals surface area contributed by atoms with Gasteiger partial charge in [0.25, 0.3) is 0 Å². The maximum Gasteiger partial charge on any atom is 0.396 e. The topological polar surface area (TPSA) is 20.3 Å². The van der Waals surface area contributed by atoms with Gasteiger partial charge >= 0.3 is 6.85 Å². The summed E-state index contributed by atoms with van der Waals surface area (Å²) in [4.78, 5) is 2.29. The van der Waals surface area contributed by atoms with Crippen LogP contribution in [0.3, 0.4) is 0 Å². The van der Waals surface area contributed by atoms with Gasteiger partial charge < -0.3 is 9.23 Å². The van der Waals surface area contributed by atoms with Crippen LogP contribution in [0.1, 0.15) is 5.76 Å². The predicted octanol–water partition coefficient (Wildman–Crippen LogP) is 2.16. The number of furan rings is 1. The molecule has 0 saturated heterocycles. The highest BCUT2D eigenvalue weighted by Crippen LogP contribution is 2.36. The van der Waals surface area contributed by atoms with E-state index in [0.717, 1.165) is 11.3 Å². The molecule has 21 heavy (non-hydrogen) atoms. The summed E-state index contributed by atoms with van der Waals surface area (Å²) >= 11 is 0. The smallest absolute Gasteiger partial charge is 0.396 e. The van der Waals surface area contributed by atoms with Crippen LogP contribution in [0.15, 0.2) is 59.1 Å². The van der Waals surface area contributed by atoms with E-state index in [1.54, 1.807) is 0 Å². The zero-order valence-electron chi connectivity index (χ0n) is 12.2. The highest BCUT2D eigenvalue weighted by molar-refractivity contribution is 6.81. The molecule has 3 aromatic rings. The maximum absolute atomic E-state index is 5.94. The van der Waals surface area contributed by atoms with Crippen molar-refractivity contribution >= 4 is 35.2 Å². The Morgan fingerprint density at radius 3 is 2.76 bits per heavy atom.